The highest BCUT2D eigenvalue weighted by atomic mass is 16.5. The van der Waals surface area contributed by atoms with Gasteiger partial charge in [-0.1, -0.05) is 0 Å². The van der Waals surface area contributed by atoms with Gasteiger partial charge >= 0.3 is 0 Å². The van der Waals surface area contributed by atoms with Crippen LogP contribution in [0.2, 0.25) is 0 Å². The maximum atomic E-state index is 12.7. The van der Waals surface area contributed by atoms with Crippen LogP contribution in [0.25, 0.3) is 0 Å². The lowest BCUT2D eigenvalue weighted by molar-refractivity contribution is -0.684. The SMILES string of the molecule is CCOc1cc(N2CCOCC2)c(OCC)cc1NC(=O)C[n+]1cccc(C(C)=O)c1. The number of aromatic nitrogens is 1. The summed E-state index contributed by atoms with van der Waals surface area (Å²) in [6, 6.07) is 7.20. The number of rotatable bonds is 9. The van der Waals surface area contributed by atoms with E-state index in [1.165, 1.54) is 6.92 Å². The molecule has 1 N–H and O–H groups in total. The van der Waals surface area contributed by atoms with Crippen LogP contribution in [0.3, 0.4) is 0 Å². The maximum absolute atomic E-state index is 12.7. The predicted molar refractivity (Wildman–Crippen MR) is 117 cm³/mol. The van der Waals surface area contributed by atoms with Crippen LogP contribution in [-0.2, 0) is 16.1 Å². The van der Waals surface area contributed by atoms with Gasteiger partial charge in [-0.3, -0.25) is 9.59 Å². The molecule has 0 spiro atoms. The molecule has 1 aromatic heterocycles. The number of hydrogen-bond acceptors (Lipinski definition) is 6. The Hall–Kier alpha value is -3.13. The van der Waals surface area contributed by atoms with Crippen molar-refractivity contribution in [2.45, 2.75) is 27.3 Å². The highest BCUT2D eigenvalue weighted by Crippen LogP contribution is 2.39. The monoisotopic (exact) mass is 428 g/mol. The zero-order chi connectivity index (χ0) is 22.2. The fourth-order valence-electron chi connectivity index (χ4n) is 3.43. The van der Waals surface area contributed by atoms with E-state index in [2.05, 4.69) is 10.2 Å². The number of morpholine rings is 1. The van der Waals surface area contributed by atoms with Gasteiger partial charge in [-0.15, -0.1) is 0 Å². The molecule has 1 amide bonds. The normalized spacial score (nSPS) is 13.6. The third kappa shape index (κ3) is 5.95. The lowest BCUT2D eigenvalue weighted by Crippen LogP contribution is -2.40. The van der Waals surface area contributed by atoms with Gasteiger partial charge in [0.05, 0.1) is 43.4 Å². The van der Waals surface area contributed by atoms with E-state index in [0.717, 1.165) is 18.8 Å². The number of nitrogens with one attached hydrogen (secondary N) is 1. The number of pyridine rings is 1. The van der Waals surface area contributed by atoms with Crippen LogP contribution in [0.4, 0.5) is 11.4 Å². The van der Waals surface area contributed by atoms with E-state index in [1.54, 1.807) is 29.1 Å². The minimum atomic E-state index is -0.228. The number of hydrogen-bond donors (Lipinski definition) is 1. The predicted octanol–water partition coefficient (Wildman–Crippen LogP) is 2.45. The van der Waals surface area contributed by atoms with E-state index in [1.807, 2.05) is 26.0 Å². The second-order valence-corrected chi connectivity index (χ2v) is 7.15. The molecule has 0 unspecified atom stereocenters. The molecule has 1 saturated heterocycles. The van der Waals surface area contributed by atoms with E-state index in [-0.39, 0.29) is 18.2 Å². The third-order valence-corrected chi connectivity index (χ3v) is 4.88. The molecule has 1 aromatic carbocycles. The minimum Gasteiger partial charge on any atom is -0.492 e. The molecule has 8 nitrogen and oxygen atoms in total. The number of benzene rings is 1. The standard InChI is InChI=1S/C23H29N3O5/c1-4-30-21-14-20(26-9-11-29-12-10-26)22(31-5-2)13-19(21)24-23(28)16-25-8-6-7-18(15-25)17(3)27/h6-8,13-15H,4-5,9-12,16H2,1-3H3/p+1. The summed E-state index contributed by atoms with van der Waals surface area (Å²) in [6.45, 7) is 9.22. The van der Waals surface area contributed by atoms with Crippen LogP contribution >= 0.6 is 0 Å². The van der Waals surface area contributed by atoms with E-state index in [0.29, 0.717) is 49.2 Å². The Labute approximate surface area is 182 Å². The molecule has 31 heavy (non-hydrogen) atoms. The minimum absolute atomic E-state index is 0.0477. The molecule has 0 saturated carbocycles. The molecule has 1 aliphatic heterocycles. The number of carbonyl (C=O) groups is 2. The maximum Gasteiger partial charge on any atom is 0.290 e. The summed E-state index contributed by atoms with van der Waals surface area (Å²) in [6.07, 6.45) is 3.42. The Morgan fingerprint density at radius 3 is 2.52 bits per heavy atom. The Morgan fingerprint density at radius 1 is 1.13 bits per heavy atom. The van der Waals surface area contributed by atoms with E-state index < -0.39 is 0 Å². The summed E-state index contributed by atoms with van der Waals surface area (Å²) < 4.78 is 18.8. The van der Waals surface area contributed by atoms with Gasteiger partial charge in [0.25, 0.3) is 5.91 Å². The molecular weight excluding hydrogens is 398 g/mol. The van der Waals surface area contributed by atoms with E-state index in [4.69, 9.17) is 14.2 Å². The van der Waals surface area contributed by atoms with Gasteiger partial charge in [-0.05, 0) is 26.8 Å². The molecule has 0 aliphatic carbocycles. The average molecular weight is 429 g/mol. The molecule has 3 rings (SSSR count). The van der Waals surface area contributed by atoms with E-state index >= 15 is 0 Å². The number of ketones is 1. The lowest BCUT2D eigenvalue weighted by atomic mass is 10.2. The first-order valence-electron chi connectivity index (χ1n) is 10.6. The Morgan fingerprint density at radius 2 is 1.84 bits per heavy atom. The number of ether oxygens (including phenoxy) is 3. The number of nitrogens with zero attached hydrogens (tertiary/aromatic N) is 2. The molecule has 0 atom stereocenters. The number of anilines is 2. The molecule has 0 radical (unpaired) electrons. The first-order chi connectivity index (χ1) is 15.0. The molecule has 1 fully saturated rings. The molecule has 2 aromatic rings. The first kappa shape index (κ1) is 22.6. The fraction of sp³-hybridized carbons (Fsp3) is 0.435. The molecule has 0 bridgehead atoms. The second kappa shape index (κ2) is 10.8. The first-order valence-corrected chi connectivity index (χ1v) is 10.6. The zero-order valence-corrected chi connectivity index (χ0v) is 18.3. The van der Waals surface area contributed by atoms with Crippen molar-refractivity contribution >= 4 is 23.1 Å². The van der Waals surface area contributed by atoms with Crippen LogP contribution in [0, 0.1) is 0 Å². The molecule has 1 aliphatic rings. The van der Waals surface area contributed by atoms with Crippen molar-refractivity contribution in [2.24, 2.45) is 0 Å². The van der Waals surface area contributed by atoms with Crippen LogP contribution in [0.1, 0.15) is 31.1 Å². The summed E-state index contributed by atoms with van der Waals surface area (Å²) in [7, 11) is 0. The summed E-state index contributed by atoms with van der Waals surface area (Å²) >= 11 is 0. The quantitative estimate of drug-likeness (QED) is 0.488. The highest BCUT2D eigenvalue weighted by molar-refractivity contribution is 5.94. The Bertz CT molecular complexity index is 925. The summed E-state index contributed by atoms with van der Waals surface area (Å²) in [5.74, 6) is 0.999. The van der Waals surface area contributed by atoms with Crippen LogP contribution < -0.4 is 24.3 Å². The lowest BCUT2D eigenvalue weighted by Gasteiger charge is -2.31. The van der Waals surface area contributed by atoms with Gasteiger partial charge in [0.1, 0.15) is 11.5 Å². The van der Waals surface area contributed by atoms with Crippen LogP contribution in [0.5, 0.6) is 11.5 Å². The zero-order valence-electron chi connectivity index (χ0n) is 18.3. The third-order valence-electron chi connectivity index (χ3n) is 4.88. The summed E-state index contributed by atoms with van der Waals surface area (Å²) in [5, 5.41) is 2.93. The Kier molecular flexibility index (Phi) is 7.83. The van der Waals surface area contributed by atoms with Crippen molar-refractivity contribution in [2.75, 3.05) is 49.7 Å². The van der Waals surface area contributed by atoms with Crippen molar-refractivity contribution in [1.29, 1.82) is 0 Å². The number of Topliss-reactive ketones (excluding diaryl/α,β-unsaturated/α-hetero) is 1. The fourth-order valence-corrected chi connectivity index (χ4v) is 3.43. The smallest absolute Gasteiger partial charge is 0.290 e. The van der Waals surface area contributed by atoms with Gasteiger partial charge in [0.15, 0.2) is 18.2 Å². The summed E-state index contributed by atoms with van der Waals surface area (Å²) in [4.78, 5) is 26.5. The van der Waals surface area contributed by atoms with Crippen molar-refractivity contribution in [1.82, 2.24) is 0 Å². The van der Waals surface area contributed by atoms with Gasteiger partial charge in [-0.2, -0.15) is 4.57 Å². The van der Waals surface area contributed by atoms with Crippen molar-refractivity contribution in [3.8, 4) is 11.5 Å². The topological polar surface area (TPSA) is 81.0 Å². The molecular formula is C23H30N3O5+. The molecule has 2 heterocycles. The largest absolute Gasteiger partial charge is 0.492 e. The van der Waals surface area contributed by atoms with Crippen molar-refractivity contribution < 1.29 is 28.4 Å². The van der Waals surface area contributed by atoms with Gasteiger partial charge < -0.3 is 24.4 Å². The van der Waals surface area contributed by atoms with Crippen molar-refractivity contribution in [3.63, 3.8) is 0 Å². The van der Waals surface area contributed by atoms with Crippen molar-refractivity contribution in [3.05, 3.63) is 42.2 Å². The molecule has 8 heteroatoms. The van der Waals surface area contributed by atoms with Gasteiger partial charge in [0, 0.05) is 31.3 Å². The summed E-state index contributed by atoms with van der Waals surface area (Å²) in [5.41, 5.74) is 2.03. The van der Waals surface area contributed by atoms with Gasteiger partial charge in [0.2, 0.25) is 6.54 Å². The number of carbonyl (C=O) groups excluding carboxylic acids is 2. The second-order valence-electron chi connectivity index (χ2n) is 7.15. The van der Waals surface area contributed by atoms with Gasteiger partial charge in [-0.25, -0.2) is 0 Å². The van der Waals surface area contributed by atoms with E-state index in [9.17, 15) is 9.59 Å². The number of amides is 1. The molecule has 166 valence electrons. The Balaban J connectivity index is 1.84. The van der Waals surface area contributed by atoms with Crippen LogP contribution in [0.15, 0.2) is 36.7 Å². The average Bonchev–Trinajstić information content (AvgIpc) is 2.76. The highest BCUT2D eigenvalue weighted by Gasteiger charge is 2.21. The van der Waals surface area contributed by atoms with Crippen LogP contribution in [-0.4, -0.2) is 51.2 Å².